The third-order valence-corrected chi connectivity index (χ3v) is 1.58. The number of fused-ring (bicyclic) bond motifs is 1. The van der Waals surface area contributed by atoms with Gasteiger partial charge < -0.3 is 0 Å². The Kier molecular flexibility index (Phi) is 1.32. The molecular weight excluding hydrogens is 136 g/mol. The van der Waals surface area contributed by atoms with Crippen LogP contribution in [-0.2, 0) is 0 Å². The van der Waals surface area contributed by atoms with Gasteiger partial charge in [0.05, 0.1) is 17.2 Å². The zero-order chi connectivity index (χ0) is 7.68. The van der Waals surface area contributed by atoms with Crippen molar-refractivity contribution in [2.75, 3.05) is 0 Å². The first-order valence-electron chi connectivity index (χ1n) is 3.46. The molecule has 2 heteroatoms. The quantitative estimate of drug-likeness (QED) is 0.561. The SMILES string of the molecule is Cc1ccc2nc[c]nc2c1. The maximum Gasteiger partial charge on any atom is 0.109 e. The molecule has 2 aromatic rings. The fraction of sp³-hybridized carbons (Fsp3) is 0.111. The van der Waals surface area contributed by atoms with E-state index < -0.39 is 0 Å². The fourth-order valence-electron chi connectivity index (χ4n) is 1.03. The van der Waals surface area contributed by atoms with E-state index in [9.17, 15) is 0 Å². The van der Waals surface area contributed by atoms with Crippen LogP contribution in [0.5, 0.6) is 0 Å². The molecule has 1 heterocycles. The minimum absolute atomic E-state index is 0.910. The van der Waals surface area contributed by atoms with Crippen LogP contribution >= 0.6 is 0 Å². The molecule has 0 unspecified atom stereocenters. The number of benzene rings is 1. The van der Waals surface area contributed by atoms with E-state index in [2.05, 4.69) is 16.2 Å². The van der Waals surface area contributed by atoms with E-state index in [1.165, 1.54) is 5.56 Å². The average Bonchev–Trinajstić information content (AvgIpc) is 2.04. The summed E-state index contributed by atoms with van der Waals surface area (Å²) in [5.74, 6) is 0. The molecule has 0 saturated heterocycles. The summed E-state index contributed by atoms with van der Waals surface area (Å²) >= 11 is 0. The van der Waals surface area contributed by atoms with Gasteiger partial charge in [0.2, 0.25) is 0 Å². The second kappa shape index (κ2) is 2.31. The fourth-order valence-corrected chi connectivity index (χ4v) is 1.03. The van der Waals surface area contributed by atoms with Gasteiger partial charge >= 0.3 is 0 Å². The van der Waals surface area contributed by atoms with Crippen molar-refractivity contribution in [2.24, 2.45) is 0 Å². The third kappa shape index (κ3) is 1.07. The van der Waals surface area contributed by atoms with Crippen LogP contribution in [0.2, 0.25) is 0 Å². The summed E-state index contributed by atoms with van der Waals surface area (Å²) in [6, 6.07) is 5.99. The van der Waals surface area contributed by atoms with Crippen molar-refractivity contribution in [2.45, 2.75) is 6.92 Å². The van der Waals surface area contributed by atoms with Crippen LogP contribution < -0.4 is 0 Å². The highest BCUT2D eigenvalue weighted by Crippen LogP contribution is 2.08. The lowest BCUT2D eigenvalue weighted by Crippen LogP contribution is -1.82. The number of rotatable bonds is 0. The lowest BCUT2D eigenvalue weighted by Gasteiger charge is -1.94. The van der Waals surface area contributed by atoms with Crippen molar-refractivity contribution in [1.29, 1.82) is 0 Å². The van der Waals surface area contributed by atoms with Crippen LogP contribution in [0.3, 0.4) is 0 Å². The maximum absolute atomic E-state index is 4.10. The third-order valence-electron chi connectivity index (χ3n) is 1.58. The van der Waals surface area contributed by atoms with E-state index in [0.29, 0.717) is 0 Å². The van der Waals surface area contributed by atoms with Crippen molar-refractivity contribution in [3.63, 3.8) is 0 Å². The molecule has 0 spiro atoms. The standard InChI is InChI=1S/C9H7N2/c1-7-2-3-8-9(6-7)11-5-4-10-8/h2-4,6H,1H3. The van der Waals surface area contributed by atoms with Crippen molar-refractivity contribution < 1.29 is 0 Å². The Hall–Kier alpha value is -1.44. The van der Waals surface area contributed by atoms with E-state index in [-0.39, 0.29) is 0 Å². The maximum atomic E-state index is 4.10. The van der Waals surface area contributed by atoms with Crippen molar-refractivity contribution in [1.82, 2.24) is 9.97 Å². The van der Waals surface area contributed by atoms with Crippen molar-refractivity contribution in [3.8, 4) is 0 Å². The summed E-state index contributed by atoms with van der Waals surface area (Å²) in [5, 5.41) is 0. The molecule has 0 aliphatic heterocycles. The first-order valence-corrected chi connectivity index (χ1v) is 3.46. The predicted molar refractivity (Wildman–Crippen MR) is 43.1 cm³/mol. The second-order valence-electron chi connectivity index (χ2n) is 2.49. The lowest BCUT2D eigenvalue weighted by atomic mass is 10.2. The molecule has 0 N–H and O–H groups in total. The predicted octanol–water partition coefficient (Wildman–Crippen LogP) is 1.74. The number of hydrogen-bond donors (Lipinski definition) is 0. The van der Waals surface area contributed by atoms with Gasteiger partial charge in [-0.05, 0) is 24.6 Å². The Labute approximate surface area is 64.9 Å². The second-order valence-corrected chi connectivity index (χ2v) is 2.49. The highest BCUT2D eigenvalue weighted by molar-refractivity contribution is 5.74. The number of aromatic nitrogens is 2. The largest absolute Gasteiger partial charge is 0.252 e. The zero-order valence-electron chi connectivity index (χ0n) is 6.20. The topological polar surface area (TPSA) is 25.8 Å². The molecule has 11 heavy (non-hydrogen) atoms. The monoisotopic (exact) mass is 143 g/mol. The average molecular weight is 143 g/mol. The van der Waals surface area contributed by atoms with Gasteiger partial charge in [-0.2, -0.15) is 0 Å². The number of aryl methyl sites for hydroxylation is 1. The van der Waals surface area contributed by atoms with Gasteiger partial charge in [-0.25, -0.2) is 4.98 Å². The molecule has 0 aliphatic rings. The van der Waals surface area contributed by atoms with Gasteiger partial charge in [-0.1, -0.05) is 6.07 Å². The Morgan fingerprint density at radius 3 is 3.09 bits per heavy atom. The van der Waals surface area contributed by atoms with Crippen LogP contribution in [-0.4, -0.2) is 9.97 Å². The van der Waals surface area contributed by atoms with Gasteiger partial charge in [0.1, 0.15) is 6.20 Å². The first kappa shape index (κ1) is 6.28. The smallest absolute Gasteiger partial charge is 0.109 e. The Morgan fingerprint density at radius 2 is 2.18 bits per heavy atom. The molecule has 0 atom stereocenters. The van der Waals surface area contributed by atoms with E-state index in [1.54, 1.807) is 6.20 Å². The van der Waals surface area contributed by atoms with Crippen molar-refractivity contribution >= 4 is 11.0 Å². The summed E-state index contributed by atoms with van der Waals surface area (Å²) in [4.78, 5) is 8.16. The Bertz CT molecular complexity index is 382. The minimum Gasteiger partial charge on any atom is -0.252 e. The highest BCUT2D eigenvalue weighted by Gasteiger charge is 1.92. The Balaban J connectivity index is 2.83. The van der Waals surface area contributed by atoms with E-state index >= 15 is 0 Å². The molecule has 2 nitrogen and oxygen atoms in total. The summed E-state index contributed by atoms with van der Waals surface area (Å²) in [7, 11) is 0. The van der Waals surface area contributed by atoms with E-state index in [1.807, 2.05) is 25.1 Å². The van der Waals surface area contributed by atoms with Gasteiger partial charge in [-0.3, -0.25) is 4.98 Å². The van der Waals surface area contributed by atoms with Gasteiger partial charge in [-0.15, -0.1) is 0 Å². The first-order chi connectivity index (χ1) is 5.36. The van der Waals surface area contributed by atoms with Crippen LogP contribution in [0, 0.1) is 13.1 Å². The normalized spacial score (nSPS) is 10.3. The van der Waals surface area contributed by atoms with Crippen molar-refractivity contribution in [3.05, 3.63) is 36.2 Å². The molecule has 1 aromatic carbocycles. The van der Waals surface area contributed by atoms with Crippen LogP contribution in [0.4, 0.5) is 0 Å². The highest BCUT2D eigenvalue weighted by atomic mass is 14.8. The Morgan fingerprint density at radius 1 is 1.27 bits per heavy atom. The molecule has 0 saturated carbocycles. The molecule has 2 rings (SSSR count). The van der Waals surface area contributed by atoms with E-state index in [4.69, 9.17) is 0 Å². The molecule has 0 amide bonds. The van der Waals surface area contributed by atoms with Gasteiger partial charge in [0.15, 0.2) is 0 Å². The van der Waals surface area contributed by atoms with Crippen LogP contribution in [0.15, 0.2) is 24.4 Å². The van der Waals surface area contributed by atoms with Crippen LogP contribution in [0.1, 0.15) is 5.56 Å². The molecule has 0 fully saturated rings. The molecule has 0 aliphatic carbocycles. The lowest BCUT2D eigenvalue weighted by molar-refractivity contribution is 1.27. The molecule has 53 valence electrons. The molecule has 1 aromatic heterocycles. The molecule has 1 radical (unpaired) electrons. The summed E-state index contributed by atoms with van der Waals surface area (Å²) in [6.45, 7) is 2.04. The zero-order valence-corrected chi connectivity index (χ0v) is 6.20. The minimum atomic E-state index is 0.910. The summed E-state index contributed by atoms with van der Waals surface area (Å²) < 4.78 is 0. The van der Waals surface area contributed by atoms with Gasteiger partial charge in [0, 0.05) is 0 Å². The van der Waals surface area contributed by atoms with Gasteiger partial charge in [0.25, 0.3) is 0 Å². The number of hydrogen-bond acceptors (Lipinski definition) is 2. The molecule has 0 bridgehead atoms. The summed E-state index contributed by atoms with van der Waals surface area (Å²) in [5.41, 5.74) is 3.04. The van der Waals surface area contributed by atoms with E-state index in [0.717, 1.165) is 11.0 Å². The molecular formula is C9H7N2. The summed E-state index contributed by atoms with van der Waals surface area (Å²) in [6.07, 6.45) is 4.28. The number of nitrogens with zero attached hydrogens (tertiary/aromatic N) is 2. The van der Waals surface area contributed by atoms with Crippen LogP contribution in [0.25, 0.3) is 11.0 Å².